The molecule has 4 aromatic rings. The van der Waals surface area contributed by atoms with E-state index in [-0.39, 0.29) is 17.6 Å². The monoisotopic (exact) mass is 486 g/mol. The first-order valence-corrected chi connectivity index (χ1v) is 12.1. The number of hydrogen-bond donors (Lipinski definition) is 2. The highest BCUT2D eigenvalue weighted by atomic mass is 32.2. The summed E-state index contributed by atoms with van der Waals surface area (Å²) in [4.78, 5) is 29.4. The number of ether oxygens (including phenoxy) is 1. The maximum atomic E-state index is 12.7. The zero-order chi connectivity index (χ0) is 24.5. The normalized spacial score (nSPS) is 10.5. The summed E-state index contributed by atoms with van der Waals surface area (Å²) >= 11 is 1.34. The van der Waals surface area contributed by atoms with Gasteiger partial charge in [-0.25, -0.2) is 4.98 Å². The van der Waals surface area contributed by atoms with Crippen LogP contribution in [0.5, 0.6) is 5.75 Å². The van der Waals surface area contributed by atoms with Gasteiger partial charge >= 0.3 is 0 Å². The number of thioether (sulfide) groups is 1. The fraction of sp³-hybridized carbons (Fsp3) is 0.148. The van der Waals surface area contributed by atoms with Gasteiger partial charge in [0.15, 0.2) is 5.16 Å². The highest BCUT2D eigenvalue weighted by Crippen LogP contribution is 2.21. The number of nitrogens with zero attached hydrogens (tertiary/aromatic N) is 2. The zero-order valence-electron chi connectivity index (χ0n) is 19.3. The minimum atomic E-state index is -0.150. The molecule has 0 radical (unpaired) electrons. The lowest BCUT2D eigenvalue weighted by Gasteiger charge is -2.10. The number of imidazole rings is 1. The summed E-state index contributed by atoms with van der Waals surface area (Å²) in [6, 6.07) is 24.7. The van der Waals surface area contributed by atoms with Gasteiger partial charge in [0.2, 0.25) is 5.91 Å². The Morgan fingerprint density at radius 3 is 2.43 bits per heavy atom. The molecule has 0 aliphatic rings. The Morgan fingerprint density at radius 2 is 1.66 bits per heavy atom. The topological polar surface area (TPSA) is 85.2 Å². The van der Waals surface area contributed by atoms with E-state index in [1.54, 1.807) is 19.4 Å². The molecule has 8 heteroatoms. The summed E-state index contributed by atoms with van der Waals surface area (Å²) in [5.41, 5.74) is 3.39. The van der Waals surface area contributed by atoms with Crippen molar-refractivity contribution in [2.24, 2.45) is 0 Å². The molecule has 0 aliphatic heterocycles. The highest BCUT2D eigenvalue weighted by molar-refractivity contribution is 7.99. The van der Waals surface area contributed by atoms with Crippen LogP contribution in [0.15, 0.2) is 96.4 Å². The van der Waals surface area contributed by atoms with Gasteiger partial charge in [0, 0.05) is 36.7 Å². The predicted molar refractivity (Wildman–Crippen MR) is 137 cm³/mol. The van der Waals surface area contributed by atoms with Crippen LogP contribution < -0.4 is 15.4 Å². The van der Waals surface area contributed by atoms with E-state index in [1.807, 2.05) is 83.6 Å². The smallest absolute Gasteiger partial charge is 0.251 e. The molecule has 0 spiro atoms. The lowest BCUT2D eigenvalue weighted by Crippen LogP contribution is -2.24. The van der Waals surface area contributed by atoms with Crippen LogP contribution in [0.1, 0.15) is 21.5 Å². The molecule has 0 aliphatic carbocycles. The molecule has 0 unspecified atom stereocenters. The minimum Gasteiger partial charge on any atom is -0.497 e. The molecule has 0 atom stereocenters. The van der Waals surface area contributed by atoms with Crippen molar-refractivity contribution >= 4 is 23.6 Å². The Labute approximate surface area is 208 Å². The van der Waals surface area contributed by atoms with Crippen LogP contribution in [0.3, 0.4) is 0 Å². The molecule has 0 saturated carbocycles. The van der Waals surface area contributed by atoms with E-state index in [1.165, 1.54) is 11.8 Å². The number of carbonyl (C=O) groups is 2. The van der Waals surface area contributed by atoms with E-state index in [9.17, 15) is 9.59 Å². The Bertz CT molecular complexity index is 1270. The van der Waals surface area contributed by atoms with Crippen LogP contribution >= 0.6 is 11.8 Å². The Balaban J connectivity index is 1.33. The molecule has 4 rings (SSSR count). The summed E-state index contributed by atoms with van der Waals surface area (Å²) in [7, 11) is 1.62. The number of carbonyl (C=O) groups excluding carboxylic acids is 2. The summed E-state index contributed by atoms with van der Waals surface area (Å²) in [6.45, 7) is 0.902. The lowest BCUT2D eigenvalue weighted by atomic mass is 10.1. The van der Waals surface area contributed by atoms with Gasteiger partial charge in [0.1, 0.15) is 5.75 Å². The summed E-state index contributed by atoms with van der Waals surface area (Å²) in [5.74, 6) is 0.766. The lowest BCUT2D eigenvalue weighted by molar-refractivity contribution is -0.118. The fourth-order valence-corrected chi connectivity index (χ4v) is 4.20. The van der Waals surface area contributed by atoms with Gasteiger partial charge < -0.3 is 15.4 Å². The van der Waals surface area contributed by atoms with Crippen LogP contribution in [0, 0.1) is 0 Å². The first kappa shape index (κ1) is 24.1. The Morgan fingerprint density at radius 1 is 0.914 bits per heavy atom. The third kappa shape index (κ3) is 6.74. The molecule has 7 nitrogen and oxygen atoms in total. The summed E-state index contributed by atoms with van der Waals surface area (Å²) in [5, 5.41) is 6.54. The van der Waals surface area contributed by atoms with Crippen LogP contribution in [0.25, 0.3) is 5.69 Å². The number of aromatic nitrogens is 2. The maximum Gasteiger partial charge on any atom is 0.251 e. The van der Waals surface area contributed by atoms with Gasteiger partial charge in [-0.05, 0) is 41.5 Å². The van der Waals surface area contributed by atoms with E-state index in [4.69, 9.17) is 4.74 Å². The summed E-state index contributed by atoms with van der Waals surface area (Å²) in [6.07, 6.45) is 3.50. The summed E-state index contributed by atoms with van der Waals surface area (Å²) < 4.78 is 7.02. The largest absolute Gasteiger partial charge is 0.497 e. The second-order valence-electron chi connectivity index (χ2n) is 7.71. The zero-order valence-corrected chi connectivity index (χ0v) is 20.1. The van der Waals surface area contributed by atoms with Crippen molar-refractivity contribution in [1.82, 2.24) is 20.2 Å². The molecule has 1 heterocycles. The Hall–Kier alpha value is -4.04. The highest BCUT2D eigenvalue weighted by Gasteiger charge is 2.12. The standard InChI is InChI=1S/C27H26N4O3S/c1-34-24-12-10-21(11-13-24)17-29-25(32)19-35-27-28-14-15-31(27)23-9-5-8-22(16-23)26(33)30-18-20-6-3-2-4-7-20/h2-16H,17-19H2,1H3,(H,29,32)(H,30,33). The Kier molecular flexibility index (Phi) is 8.19. The van der Waals surface area contributed by atoms with Crippen LogP contribution in [0.4, 0.5) is 0 Å². The van der Waals surface area contributed by atoms with Gasteiger partial charge in [0.25, 0.3) is 5.91 Å². The number of hydrogen-bond acceptors (Lipinski definition) is 5. The van der Waals surface area contributed by atoms with Gasteiger partial charge in [0.05, 0.1) is 12.9 Å². The van der Waals surface area contributed by atoms with Crippen LogP contribution in [-0.2, 0) is 17.9 Å². The third-order valence-electron chi connectivity index (χ3n) is 5.27. The number of benzene rings is 3. The average Bonchev–Trinajstić information content (AvgIpc) is 3.39. The quantitative estimate of drug-likeness (QED) is 0.328. The van der Waals surface area contributed by atoms with Crippen LogP contribution in [0.2, 0.25) is 0 Å². The first-order chi connectivity index (χ1) is 17.1. The second-order valence-corrected chi connectivity index (χ2v) is 8.65. The molecule has 0 bridgehead atoms. The number of methoxy groups -OCH3 is 1. The molecule has 1 aromatic heterocycles. The molecule has 0 fully saturated rings. The average molecular weight is 487 g/mol. The van der Waals surface area contributed by atoms with Gasteiger partial charge in [-0.3, -0.25) is 14.2 Å². The van der Waals surface area contributed by atoms with E-state index < -0.39 is 0 Å². The van der Waals surface area contributed by atoms with Crippen molar-refractivity contribution in [3.8, 4) is 11.4 Å². The maximum absolute atomic E-state index is 12.7. The molecule has 35 heavy (non-hydrogen) atoms. The second kappa shape index (κ2) is 11.9. The molecule has 3 aromatic carbocycles. The molecular formula is C27H26N4O3S. The van der Waals surface area contributed by atoms with E-state index in [2.05, 4.69) is 15.6 Å². The van der Waals surface area contributed by atoms with E-state index >= 15 is 0 Å². The first-order valence-electron chi connectivity index (χ1n) is 11.1. The van der Waals surface area contributed by atoms with Crippen molar-refractivity contribution in [1.29, 1.82) is 0 Å². The van der Waals surface area contributed by atoms with Gasteiger partial charge in [-0.1, -0.05) is 60.3 Å². The third-order valence-corrected chi connectivity index (χ3v) is 6.24. The molecule has 178 valence electrons. The van der Waals surface area contributed by atoms with E-state index in [0.717, 1.165) is 22.6 Å². The minimum absolute atomic E-state index is 0.0885. The van der Waals surface area contributed by atoms with Crippen molar-refractivity contribution in [3.05, 3.63) is 108 Å². The number of rotatable bonds is 10. The van der Waals surface area contributed by atoms with Crippen molar-refractivity contribution in [3.63, 3.8) is 0 Å². The molecular weight excluding hydrogens is 460 g/mol. The number of amides is 2. The van der Waals surface area contributed by atoms with Crippen molar-refractivity contribution in [2.75, 3.05) is 12.9 Å². The van der Waals surface area contributed by atoms with Gasteiger partial charge in [-0.15, -0.1) is 0 Å². The SMILES string of the molecule is COc1ccc(CNC(=O)CSc2nccn2-c2cccc(C(=O)NCc3ccccc3)c2)cc1. The van der Waals surface area contributed by atoms with Gasteiger partial charge in [-0.2, -0.15) is 0 Å². The van der Waals surface area contributed by atoms with Crippen molar-refractivity contribution in [2.45, 2.75) is 18.2 Å². The molecule has 2 amide bonds. The van der Waals surface area contributed by atoms with Crippen LogP contribution in [-0.4, -0.2) is 34.2 Å². The fourth-order valence-electron chi connectivity index (χ4n) is 3.40. The molecule has 0 saturated heterocycles. The van der Waals surface area contributed by atoms with E-state index in [0.29, 0.717) is 23.8 Å². The molecule has 2 N–H and O–H groups in total. The number of nitrogens with one attached hydrogen (secondary N) is 2. The van der Waals surface area contributed by atoms with Crippen molar-refractivity contribution < 1.29 is 14.3 Å². The predicted octanol–water partition coefficient (Wildman–Crippen LogP) is 4.22.